The van der Waals surface area contributed by atoms with Crippen molar-refractivity contribution in [3.05, 3.63) is 54.3 Å². The van der Waals surface area contributed by atoms with E-state index in [1.165, 1.54) is 40.7 Å². The van der Waals surface area contributed by atoms with E-state index in [1.807, 2.05) is 0 Å². The lowest BCUT2D eigenvalue weighted by Gasteiger charge is -2.36. The third kappa shape index (κ3) is 5.35. The van der Waals surface area contributed by atoms with Gasteiger partial charge in [-0.3, -0.25) is 9.69 Å². The lowest BCUT2D eigenvalue weighted by atomic mass is 10.2. The molecule has 0 aromatic heterocycles. The molecule has 11 heteroatoms. The highest BCUT2D eigenvalue weighted by molar-refractivity contribution is 7.89. The molecule has 0 bridgehead atoms. The van der Waals surface area contributed by atoms with Crippen molar-refractivity contribution in [2.45, 2.75) is 24.5 Å². The third-order valence-corrected chi connectivity index (χ3v) is 6.95. The summed E-state index contributed by atoms with van der Waals surface area (Å²) in [5.74, 6) is -1.42. The number of hydrogen-bond acceptors (Lipinski definition) is 5. The van der Waals surface area contributed by atoms with Crippen molar-refractivity contribution in [3.8, 4) is 5.75 Å². The zero-order valence-corrected chi connectivity index (χ0v) is 17.5. The number of halogens is 3. The maximum atomic E-state index is 13.9. The molecule has 2 aromatic carbocycles. The lowest BCUT2D eigenvalue weighted by Crippen LogP contribution is -2.54. The number of carbonyl (C=O) groups excluding carboxylic acids is 1. The monoisotopic (exact) mass is 457 g/mol. The summed E-state index contributed by atoms with van der Waals surface area (Å²) in [5, 5.41) is 2.57. The van der Waals surface area contributed by atoms with E-state index in [1.54, 1.807) is 17.9 Å². The van der Waals surface area contributed by atoms with Gasteiger partial charge in [-0.1, -0.05) is 24.3 Å². The Labute approximate surface area is 178 Å². The van der Waals surface area contributed by atoms with Gasteiger partial charge < -0.3 is 10.1 Å². The Hall–Kier alpha value is -2.63. The molecule has 1 amide bonds. The van der Waals surface area contributed by atoms with Crippen molar-refractivity contribution in [1.29, 1.82) is 0 Å². The summed E-state index contributed by atoms with van der Waals surface area (Å²) in [6, 6.07) is 10.4. The van der Waals surface area contributed by atoms with Crippen molar-refractivity contribution in [1.82, 2.24) is 9.21 Å². The van der Waals surface area contributed by atoms with Gasteiger partial charge in [-0.15, -0.1) is 0 Å². The number of anilines is 1. The highest BCUT2D eigenvalue weighted by Gasteiger charge is 2.33. The van der Waals surface area contributed by atoms with E-state index in [4.69, 9.17) is 0 Å². The number of hydrogen-bond donors (Lipinski definition) is 1. The highest BCUT2D eigenvalue weighted by Crippen LogP contribution is 2.26. The molecular weight excluding hydrogens is 435 g/mol. The molecule has 0 aliphatic carbocycles. The molecule has 1 N–H and O–H groups in total. The van der Waals surface area contributed by atoms with Crippen LogP contribution in [-0.2, 0) is 14.8 Å². The Morgan fingerprint density at radius 3 is 2.29 bits per heavy atom. The number of nitrogens with one attached hydrogen (secondary N) is 1. The first kappa shape index (κ1) is 23.0. The Balaban J connectivity index is 1.62. The molecule has 1 aliphatic rings. The van der Waals surface area contributed by atoms with Gasteiger partial charge in [0.15, 0.2) is 0 Å². The molecule has 7 nitrogen and oxygen atoms in total. The minimum absolute atomic E-state index is 0.0827. The fourth-order valence-electron chi connectivity index (χ4n) is 3.30. The summed E-state index contributed by atoms with van der Waals surface area (Å²) in [4.78, 5) is 14.0. The number of nitrogens with zero attached hydrogens (tertiary/aromatic N) is 2. The SMILES string of the molecule is CC(C(=O)Nc1ccccc1OC(F)F)N1CCN(S(=O)(=O)c2ccccc2F)CC1. The summed E-state index contributed by atoms with van der Waals surface area (Å²) >= 11 is 0. The van der Waals surface area contributed by atoms with Crippen molar-refractivity contribution in [3.63, 3.8) is 0 Å². The van der Waals surface area contributed by atoms with E-state index in [2.05, 4.69) is 10.1 Å². The van der Waals surface area contributed by atoms with Crippen LogP contribution in [0.4, 0.5) is 18.9 Å². The van der Waals surface area contributed by atoms with Gasteiger partial charge in [-0.05, 0) is 31.2 Å². The van der Waals surface area contributed by atoms with Gasteiger partial charge in [0.2, 0.25) is 15.9 Å². The first-order chi connectivity index (χ1) is 14.7. The fraction of sp³-hybridized carbons (Fsp3) is 0.350. The molecule has 1 unspecified atom stereocenters. The molecule has 1 saturated heterocycles. The number of benzene rings is 2. The Morgan fingerprint density at radius 2 is 1.65 bits per heavy atom. The Kier molecular flexibility index (Phi) is 7.19. The summed E-state index contributed by atoms with van der Waals surface area (Å²) in [6.07, 6.45) is 0. The van der Waals surface area contributed by atoms with Crippen LogP contribution in [-0.4, -0.2) is 62.4 Å². The largest absolute Gasteiger partial charge is 0.433 e. The molecule has 1 atom stereocenters. The second-order valence-electron chi connectivity index (χ2n) is 6.91. The van der Waals surface area contributed by atoms with Crippen molar-refractivity contribution >= 4 is 21.6 Å². The molecule has 1 aliphatic heterocycles. The normalized spacial score (nSPS) is 16.8. The van der Waals surface area contributed by atoms with Crippen LogP contribution in [0.25, 0.3) is 0 Å². The van der Waals surface area contributed by atoms with Gasteiger partial charge in [-0.25, -0.2) is 12.8 Å². The van der Waals surface area contributed by atoms with Gasteiger partial charge in [0.05, 0.1) is 11.7 Å². The molecule has 3 rings (SSSR count). The number of alkyl halides is 2. The average Bonchev–Trinajstić information content (AvgIpc) is 2.74. The van der Waals surface area contributed by atoms with Gasteiger partial charge in [0.25, 0.3) is 0 Å². The minimum Gasteiger partial charge on any atom is -0.433 e. The molecule has 31 heavy (non-hydrogen) atoms. The lowest BCUT2D eigenvalue weighted by molar-refractivity contribution is -0.121. The van der Waals surface area contributed by atoms with Crippen LogP contribution in [0.15, 0.2) is 53.4 Å². The van der Waals surface area contributed by atoms with Crippen LogP contribution in [0.1, 0.15) is 6.92 Å². The molecular formula is C20H22F3N3O4S. The number of carbonyl (C=O) groups is 1. The first-order valence-electron chi connectivity index (χ1n) is 9.53. The van der Waals surface area contributed by atoms with Crippen LogP contribution in [0, 0.1) is 5.82 Å². The van der Waals surface area contributed by atoms with Crippen LogP contribution in [0.3, 0.4) is 0 Å². The topological polar surface area (TPSA) is 79.0 Å². The van der Waals surface area contributed by atoms with Crippen LogP contribution in [0.5, 0.6) is 5.75 Å². The number of sulfonamides is 1. The summed E-state index contributed by atoms with van der Waals surface area (Å²) in [5.41, 5.74) is 0.111. The van der Waals surface area contributed by atoms with Crippen molar-refractivity contribution in [2.75, 3.05) is 31.5 Å². The van der Waals surface area contributed by atoms with Crippen molar-refractivity contribution in [2.24, 2.45) is 0 Å². The zero-order valence-electron chi connectivity index (χ0n) is 16.7. The Bertz CT molecular complexity index is 1030. The number of piperazine rings is 1. The predicted molar refractivity (Wildman–Crippen MR) is 108 cm³/mol. The van der Waals surface area contributed by atoms with Gasteiger partial charge in [-0.2, -0.15) is 13.1 Å². The molecule has 1 fully saturated rings. The molecule has 1 heterocycles. The second-order valence-corrected chi connectivity index (χ2v) is 8.82. The zero-order chi connectivity index (χ0) is 22.6. The maximum Gasteiger partial charge on any atom is 0.387 e. The van der Waals surface area contributed by atoms with Gasteiger partial charge >= 0.3 is 6.61 Å². The van der Waals surface area contributed by atoms with E-state index < -0.39 is 34.4 Å². The summed E-state index contributed by atoms with van der Waals surface area (Å²) < 4.78 is 70.0. The number of para-hydroxylation sites is 2. The summed E-state index contributed by atoms with van der Waals surface area (Å²) in [6.45, 7) is -0.736. The average molecular weight is 457 g/mol. The van der Waals surface area contributed by atoms with E-state index in [0.717, 1.165) is 6.07 Å². The molecule has 2 aromatic rings. The van der Waals surface area contributed by atoms with Gasteiger partial charge in [0.1, 0.15) is 16.5 Å². The molecule has 0 saturated carbocycles. The standard InChI is InChI=1S/C20H22F3N3O4S/c1-14(19(27)24-16-7-3-4-8-17(16)30-20(22)23)25-10-12-26(13-11-25)31(28,29)18-9-5-2-6-15(18)21/h2-9,14,20H,10-13H2,1H3,(H,24,27). The van der Waals surface area contributed by atoms with E-state index in [9.17, 15) is 26.4 Å². The highest BCUT2D eigenvalue weighted by atomic mass is 32.2. The third-order valence-electron chi connectivity index (χ3n) is 5.02. The number of amides is 1. The first-order valence-corrected chi connectivity index (χ1v) is 11.0. The van der Waals surface area contributed by atoms with Crippen LogP contribution >= 0.6 is 0 Å². The maximum absolute atomic E-state index is 13.9. The quantitative estimate of drug-likeness (QED) is 0.692. The molecule has 0 radical (unpaired) electrons. The number of rotatable bonds is 7. The van der Waals surface area contributed by atoms with E-state index >= 15 is 0 Å². The summed E-state index contributed by atoms with van der Waals surface area (Å²) in [7, 11) is -3.98. The van der Waals surface area contributed by atoms with E-state index in [-0.39, 0.29) is 42.5 Å². The molecule has 168 valence electrons. The van der Waals surface area contributed by atoms with Crippen LogP contribution in [0.2, 0.25) is 0 Å². The Morgan fingerprint density at radius 1 is 1.03 bits per heavy atom. The molecule has 0 spiro atoms. The van der Waals surface area contributed by atoms with Crippen LogP contribution < -0.4 is 10.1 Å². The number of ether oxygens (including phenoxy) is 1. The van der Waals surface area contributed by atoms with Gasteiger partial charge in [0, 0.05) is 26.2 Å². The van der Waals surface area contributed by atoms with Crippen molar-refractivity contribution < 1.29 is 31.1 Å². The second kappa shape index (κ2) is 9.67. The minimum atomic E-state index is -3.98. The predicted octanol–water partition coefficient (Wildman–Crippen LogP) is 2.76. The van der Waals surface area contributed by atoms with E-state index in [0.29, 0.717) is 0 Å². The fourth-order valence-corrected chi connectivity index (χ4v) is 4.78. The smallest absolute Gasteiger partial charge is 0.387 e.